The molecule has 0 rings (SSSR count). The lowest BCUT2D eigenvalue weighted by Gasteiger charge is -2.14. The van der Waals surface area contributed by atoms with Gasteiger partial charge in [-0.3, -0.25) is 0 Å². The molecule has 0 fully saturated rings. The molecule has 0 N–H and O–H groups in total. The molecule has 0 saturated heterocycles. The van der Waals surface area contributed by atoms with Crippen LogP contribution < -0.4 is 0 Å². The van der Waals surface area contributed by atoms with Crippen LogP contribution in [0.15, 0.2) is 0 Å². The Morgan fingerprint density at radius 2 is 0.720 bits per heavy atom. The summed E-state index contributed by atoms with van der Waals surface area (Å²) in [6.07, 6.45) is 29.6. The topological polar surface area (TPSA) is 0 Å². The molecular weight excluding hydrogens is 300 g/mol. The Labute approximate surface area is 161 Å². The predicted molar refractivity (Wildman–Crippen MR) is 117 cm³/mol. The Morgan fingerprint density at radius 1 is 0.440 bits per heavy atom. The monoisotopic (exact) mass is 350 g/mol. The van der Waals surface area contributed by atoms with E-state index in [1.54, 1.807) is 0 Å². The fourth-order valence-electron chi connectivity index (χ4n) is 3.89. The quantitative estimate of drug-likeness (QED) is 0.181. The van der Waals surface area contributed by atoms with E-state index in [2.05, 4.69) is 20.8 Å². The van der Waals surface area contributed by atoms with Gasteiger partial charge in [-0.15, -0.1) is 0 Å². The standard InChI is InChI=1S/C25H50/c1-4-7-9-11-13-14-15-16-17-18-20-22-24-25(6-3)23-21-19-12-10-8-5-2/h25H,1-2,4-24H2,3H3. The second-order valence-corrected chi connectivity index (χ2v) is 8.22. The minimum Gasteiger partial charge on any atom is -0.0651 e. The lowest BCUT2D eigenvalue weighted by atomic mass is 9.92. The summed E-state index contributed by atoms with van der Waals surface area (Å²) in [6.45, 7) is 10.2. The van der Waals surface area contributed by atoms with Gasteiger partial charge in [-0.05, 0) is 5.92 Å². The molecule has 0 bridgehead atoms. The van der Waals surface area contributed by atoms with E-state index in [1.165, 1.54) is 122 Å². The molecule has 150 valence electrons. The van der Waals surface area contributed by atoms with Gasteiger partial charge in [0.05, 0.1) is 0 Å². The minimum atomic E-state index is 1.01. The van der Waals surface area contributed by atoms with E-state index in [0.717, 1.165) is 18.8 Å². The first-order chi connectivity index (χ1) is 12.3. The van der Waals surface area contributed by atoms with Crippen molar-refractivity contribution in [3.63, 3.8) is 0 Å². The highest BCUT2D eigenvalue weighted by molar-refractivity contribution is 4.59. The first-order valence-corrected chi connectivity index (χ1v) is 11.9. The summed E-state index contributed by atoms with van der Waals surface area (Å²) in [7, 11) is 0. The zero-order valence-electron chi connectivity index (χ0n) is 17.8. The Morgan fingerprint density at radius 3 is 1.00 bits per heavy atom. The van der Waals surface area contributed by atoms with E-state index in [1.807, 2.05) is 0 Å². The highest BCUT2D eigenvalue weighted by Gasteiger charge is 2.05. The van der Waals surface area contributed by atoms with Gasteiger partial charge in [0.15, 0.2) is 0 Å². The van der Waals surface area contributed by atoms with Crippen LogP contribution in [0.2, 0.25) is 0 Å². The van der Waals surface area contributed by atoms with Crippen LogP contribution >= 0.6 is 0 Å². The van der Waals surface area contributed by atoms with Crippen LogP contribution in [0.1, 0.15) is 142 Å². The largest absolute Gasteiger partial charge is 0.0651 e. The van der Waals surface area contributed by atoms with Crippen molar-refractivity contribution in [3.05, 3.63) is 13.8 Å². The average molecular weight is 351 g/mol. The molecule has 0 saturated carbocycles. The molecule has 0 amide bonds. The molecule has 0 aliphatic rings. The molecule has 25 heavy (non-hydrogen) atoms. The van der Waals surface area contributed by atoms with E-state index in [4.69, 9.17) is 0 Å². The van der Waals surface area contributed by atoms with Gasteiger partial charge in [0.1, 0.15) is 0 Å². The van der Waals surface area contributed by atoms with Crippen molar-refractivity contribution in [3.8, 4) is 0 Å². The number of hydrogen-bond donors (Lipinski definition) is 0. The third kappa shape index (κ3) is 20.2. The zero-order valence-corrected chi connectivity index (χ0v) is 17.8. The van der Waals surface area contributed by atoms with E-state index < -0.39 is 0 Å². The summed E-state index contributed by atoms with van der Waals surface area (Å²) in [5.41, 5.74) is 0. The molecule has 0 aliphatic carbocycles. The fraction of sp³-hybridized carbons (Fsp3) is 0.920. The highest BCUT2D eigenvalue weighted by atomic mass is 14.1. The predicted octanol–water partition coefficient (Wildman–Crippen LogP) is 9.48. The summed E-state index contributed by atoms with van der Waals surface area (Å²) in [6, 6.07) is 0. The van der Waals surface area contributed by atoms with Crippen LogP contribution in [0.25, 0.3) is 0 Å². The molecule has 0 aliphatic heterocycles. The van der Waals surface area contributed by atoms with E-state index in [0.29, 0.717) is 0 Å². The van der Waals surface area contributed by atoms with Crippen molar-refractivity contribution in [1.29, 1.82) is 0 Å². The van der Waals surface area contributed by atoms with E-state index in [-0.39, 0.29) is 0 Å². The van der Waals surface area contributed by atoms with Crippen molar-refractivity contribution < 1.29 is 0 Å². The molecule has 2 radical (unpaired) electrons. The Balaban J connectivity index is 3.24. The third-order valence-electron chi connectivity index (χ3n) is 5.80. The normalized spacial score (nSPS) is 12.6. The first kappa shape index (κ1) is 25.0. The number of hydrogen-bond acceptors (Lipinski definition) is 0. The van der Waals surface area contributed by atoms with Crippen molar-refractivity contribution >= 4 is 0 Å². The third-order valence-corrected chi connectivity index (χ3v) is 5.80. The Kier molecular flexibility index (Phi) is 22.0. The molecule has 0 aromatic heterocycles. The average Bonchev–Trinajstić information content (AvgIpc) is 2.63. The van der Waals surface area contributed by atoms with Crippen molar-refractivity contribution in [1.82, 2.24) is 0 Å². The Bertz CT molecular complexity index is 220. The van der Waals surface area contributed by atoms with Gasteiger partial charge in [0, 0.05) is 0 Å². The van der Waals surface area contributed by atoms with Gasteiger partial charge >= 0.3 is 0 Å². The van der Waals surface area contributed by atoms with E-state index >= 15 is 0 Å². The zero-order chi connectivity index (χ0) is 18.4. The first-order valence-electron chi connectivity index (χ1n) is 11.9. The summed E-state index contributed by atoms with van der Waals surface area (Å²) in [5, 5.41) is 0. The molecule has 0 heteroatoms. The van der Waals surface area contributed by atoms with Gasteiger partial charge in [0.2, 0.25) is 0 Å². The number of unbranched alkanes of at least 4 members (excludes halogenated alkanes) is 16. The van der Waals surface area contributed by atoms with Crippen LogP contribution in [-0.2, 0) is 0 Å². The smallest absolute Gasteiger partial charge is 0.0417 e. The maximum absolute atomic E-state index is 3.93. The van der Waals surface area contributed by atoms with Gasteiger partial charge in [-0.25, -0.2) is 0 Å². The van der Waals surface area contributed by atoms with Crippen molar-refractivity contribution in [2.75, 3.05) is 0 Å². The van der Waals surface area contributed by atoms with E-state index in [9.17, 15) is 0 Å². The lowest BCUT2D eigenvalue weighted by Crippen LogP contribution is -1.99. The van der Waals surface area contributed by atoms with Gasteiger partial charge in [0.25, 0.3) is 0 Å². The van der Waals surface area contributed by atoms with Crippen LogP contribution in [0, 0.1) is 19.8 Å². The van der Waals surface area contributed by atoms with Crippen molar-refractivity contribution in [2.24, 2.45) is 5.92 Å². The summed E-state index contributed by atoms with van der Waals surface area (Å²) < 4.78 is 0. The van der Waals surface area contributed by atoms with Crippen LogP contribution in [-0.4, -0.2) is 0 Å². The van der Waals surface area contributed by atoms with Crippen LogP contribution in [0.5, 0.6) is 0 Å². The highest BCUT2D eigenvalue weighted by Crippen LogP contribution is 2.21. The summed E-state index contributed by atoms with van der Waals surface area (Å²) in [5.74, 6) is 1.01. The molecule has 0 spiro atoms. The minimum absolute atomic E-state index is 1.01. The second kappa shape index (κ2) is 22.0. The molecular formula is C25H50. The lowest BCUT2D eigenvalue weighted by molar-refractivity contribution is 0.392. The molecule has 1 unspecified atom stereocenters. The summed E-state index contributed by atoms with van der Waals surface area (Å²) >= 11 is 0. The molecule has 0 aromatic rings. The fourth-order valence-corrected chi connectivity index (χ4v) is 3.89. The van der Waals surface area contributed by atoms with Gasteiger partial charge in [-0.1, -0.05) is 156 Å². The maximum Gasteiger partial charge on any atom is -0.0417 e. The Hall–Kier alpha value is 0. The molecule has 0 aromatic carbocycles. The molecule has 0 heterocycles. The van der Waals surface area contributed by atoms with Gasteiger partial charge in [-0.2, -0.15) is 0 Å². The number of rotatable bonds is 21. The second-order valence-electron chi connectivity index (χ2n) is 8.22. The maximum atomic E-state index is 3.93. The summed E-state index contributed by atoms with van der Waals surface area (Å²) in [4.78, 5) is 0. The SMILES string of the molecule is [CH2]CCCCCCCCCCCCCC(CC)CCCCCCC[CH2]. The van der Waals surface area contributed by atoms with Crippen LogP contribution in [0.3, 0.4) is 0 Å². The van der Waals surface area contributed by atoms with Crippen molar-refractivity contribution in [2.45, 2.75) is 142 Å². The van der Waals surface area contributed by atoms with Gasteiger partial charge < -0.3 is 0 Å². The molecule has 1 atom stereocenters. The molecule has 0 nitrogen and oxygen atoms in total. The van der Waals surface area contributed by atoms with Crippen LogP contribution in [0.4, 0.5) is 0 Å².